The van der Waals surface area contributed by atoms with Gasteiger partial charge in [0.25, 0.3) is 0 Å². The minimum atomic E-state index is -0.164. The number of nitrogens with one attached hydrogen (secondary N) is 1. The van der Waals surface area contributed by atoms with Gasteiger partial charge < -0.3 is 16.2 Å². The van der Waals surface area contributed by atoms with Crippen LogP contribution in [0.3, 0.4) is 0 Å². The lowest BCUT2D eigenvalue weighted by atomic mass is 9.96. The van der Waals surface area contributed by atoms with Crippen molar-refractivity contribution in [3.05, 3.63) is 65.6 Å². The van der Waals surface area contributed by atoms with Gasteiger partial charge in [-0.15, -0.1) is 0 Å². The van der Waals surface area contributed by atoms with Gasteiger partial charge in [0.15, 0.2) is 0 Å². The smallest absolute Gasteiger partial charge is 0.119 e. The lowest BCUT2D eigenvalue weighted by molar-refractivity contribution is 0.161. The molecule has 1 heterocycles. The standard InChI is InChI=1S/C25H34N4O/c1-18-8-4-5-10-22(18)23-11-6-12-24(20(23)3)28-25(26)16-27-14-7-9-19(2)29-15-13-21(30)17-29/h4-6,8,10-12,14,16,19,21,28,30H,7,9,13,15,17,26H2,1-3H3/b25-16-,27-14-/t19-,21+/m0/s1. The first-order valence-corrected chi connectivity index (χ1v) is 10.8. The van der Waals surface area contributed by atoms with Crippen LogP contribution in [0.5, 0.6) is 0 Å². The molecule has 0 bridgehead atoms. The zero-order valence-corrected chi connectivity index (χ0v) is 18.3. The van der Waals surface area contributed by atoms with Crippen LogP contribution in [0.1, 0.15) is 37.3 Å². The molecule has 5 nitrogen and oxygen atoms in total. The van der Waals surface area contributed by atoms with Crippen LogP contribution >= 0.6 is 0 Å². The zero-order valence-electron chi connectivity index (χ0n) is 18.3. The van der Waals surface area contributed by atoms with E-state index >= 15 is 0 Å². The molecule has 2 aromatic carbocycles. The van der Waals surface area contributed by atoms with Gasteiger partial charge in [0.1, 0.15) is 5.82 Å². The van der Waals surface area contributed by atoms with Gasteiger partial charge in [0.2, 0.25) is 0 Å². The molecule has 0 unspecified atom stereocenters. The minimum absolute atomic E-state index is 0.164. The average Bonchev–Trinajstić information content (AvgIpc) is 3.16. The number of aryl methyl sites for hydroxylation is 1. The maximum atomic E-state index is 9.66. The van der Waals surface area contributed by atoms with E-state index < -0.39 is 0 Å². The van der Waals surface area contributed by atoms with Crippen molar-refractivity contribution >= 4 is 11.9 Å². The van der Waals surface area contributed by atoms with Crippen LogP contribution in [-0.4, -0.2) is 41.5 Å². The van der Waals surface area contributed by atoms with E-state index in [1.807, 2.05) is 18.3 Å². The van der Waals surface area contributed by atoms with E-state index in [2.05, 4.69) is 66.3 Å². The molecule has 1 aliphatic rings. The van der Waals surface area contributed by atoms with Gasteiger partial charge in [-0.25, -0.2) is 0 Å². The molecule has 0 aliphatic carbocycles. The van der Waals surface area contributed by atoms with Gasteiger partial charge in [-0.2, -0.15) is 0 Å². The quantitative estimate of drug-likeness (QED) is 0.567. The summed E-state index contributed by atoms with van der Waals surface area (Å²) in [7, 11) is 0. The Bertz CT molecular complexity index is 906. The Morgan fingerprint density at radius 3 is 2.73 bits per heavy atom. The van der Waals surface area contributed by atoms with E-state index in [1.165, 1.54) is 16.7 Å². The monoisotopic (exact) mass is 406 g/mol. The van der Waals surface area contributed by atoms with Crippen LogP contribution in [0, 0.1) is 13.8 Å². The fourth-order valence-electron chi connectivity index (χ4n) is 4.00. The summed E-state index contributed by atoms with van der Waals surface area (Å²) >= 11 is 0. The van der Waals surface area contributed by atoms with Gasteiger partial charge in [-0.3, -0.25) is 9.89 Å². The first-order valence-electron chi connectivity index (χ1n) is 10.8. The number of nitrogens with zero attached hydrogens (tertiary/aromatic N) is 2. The first kappa shape index (κ1) is 22.1. The van der Waals surface area contributed by atoms with E-state index in [9.17, 15) is 5.11 Å². The van der Waals surface area contributed by atoms with Crippen LogP contribution in [-0.2, 0) is 0 Å². The number of anilines is 1. The number of aliphatic imine (C=N–C) groups is 1. The number of aliphatic hydroxyl groups excluding tert-OH is 1. The molecule has 4 N–H and O–H groups in total. The van der Waals surface area contributed by atoms with Gasteiger partial charge in [0.05, 0.1) is 12.3 Å². The van der Waals surface area contributed by atoms with E-state index in [4.69, 9.17) is 5.73 Å². The number of β-amino-alcohol motifs (C(OH)–C–C–N with tert-alkyl or cyclic N) is 1. The summed E-state index contributed by atoms with van der Waals surface area (Å²) in [6.45, 7) is 8.22. The number of rotatable bonds is 8. The van der Waals surface area contributed by atoms with Gasteiger partial charge in [-0.1, -0.05) is 36.4 Å². The fourth-order valence-corrected chi connectivity index (χ4v) is 4.00. The molecule has 2 atom stereocenters. The zero-order chi connectivity index (χ0) is 21.5. The highest BCUT2D eigenvalue weighted by molar-refractivity contribution is 5.76. The summed E-state index contributed by atoms with van der Waals surface area (Å²) in [6.07, 6.45) is 6.21. The van der Waals surface area contributed by atoms with Crippen molar-refractivity contribution in [2.75, 3.05) is 18.4 Å². The third-order valence-corrected chi connectivity index (χ3v) is 5.90. The fraction of sp³-hybridized carbons (Fsp3) is 0.400. The molecule has 5 heteroatoms. The lowest BCUT2D eigenvalue weighted by Gasteiger charge is -2.22. The second-order valence-corrected chi connectivity index (χ2v) is 8.20. The number of hydrogen-bond acceptors (Lipinski definition) is 5. The molecule has 1 fully saturated rings. The lowest BCUT2D eigenvalue weighted by Crippen LogP contribution is -2.31. The van der Waals surface area contributed by atoms with E-state index in [-0.39, 0.29) is 6.10 Å². The maximum Gasteiger partial charge on any atom is 0.119 e. The van der Waals surface area contributed by atoms with Crippen molar-refractivity contribution < 1.29 is 5.11 Å². The molecular formula is C25H34N4O. The molecule has 1 saturated heterocycles. The summed E-state index contributed by atoms with van der Waals surface area (Å²) in [4.78, 5) is 6.70. The van der Waals surface area contributed by atoms with Gasteiger partial charge >= 0.3 is 0 Å². The van der Waals surface area contributed by atoms with Crippen molar-refractivity contribution in [2.24, 2.45) is 10.7 Å². The highest BCUT2D eigenvalue weighted by Crippen LogP contribution is 2.30. The molecule has 0 spiro atoms. The van der Waals surface area contributed by atoms with Crippen LogP contribution in [0.2, 0.25) is 0 Å². The Morgan fingerprint density at radius 2 is 2.00 bits per heavy atom. The summed E-state index contributed by atoms with van der Waals surface area (Å²) in [6, 6.07) is 15.1. The molecule has 3 rings (SSSR count). The maximum absolute atomic E-state index is 9.66. The van der Waals surface area contributed by atoms with Crippen LogP contribution in [0.4, 0.5) is 5.69 Å². The molecule has 0 saturated carbocycles. The molecule has 0 amide bonds. The summed E-state index contributed by atoms with van der Waals surface area (Å²) in [5.74, 6) is 0.520. The molecule has 30 heavy (non-hydrogen) atoms. The largest absolute Gasteiger partial charge is 0.392 e. The van der Waals surface area contributed by atoms with E-state index in [0.29, 0.717) is 11.9 Å². The molecule has 0 aromatic heterocycles. The first-order chi connectivity index (χ1) is 14.5. The second kappa shape index (κ2) is 10.4. The highest BCUT2D eigenvalue weighted by atomic mass is 16.3. The number of benzene rings is 2. The Hall–Kier alpha value is -2.63. The molecule has 1 aliphatic heterocycles. The normalized spacial score (nSPS) is 18.8. The number of likely N-dealkylation sites (tertiary alicyclic amines) is 1. The third kappa shape index (κ3) is 5.71. The van der Waals surface area contributed by atoms with Crippen molar-refractivity contribution in [1.29, 1.82) is 0 Å². The summed E-state index contributed by atoms with van der Waals surface area (Å²) < 4.78 is 0. The van der Waals surface area contributed by atoms with Crippen LogP contribution < -0.4 is 11.1 Å². The number of nitrogens with two attached hydrogens (primary N) is 1. The van der Waals surface area contributed by atoms with Crippen LogP contribution in [0.15, 0.2) is 59.5 Å². The van der Waals surface area contributed by atoms with E-state index in [0.717, 1.165) is 43.6 Å². The van der Waals surface area contributed by atoms with Gasteiger partial charge in [0, 0.05) is 31.0 Å². The molecule has 160 valence electrons. The molecule has 0 radical (unpaired) electrons. The van der Waals surface area contributed by atoms with Crippen molar-refractivity contribution in [3.8, 4) is 11.1 Å². The summed E-state index contributed by atoms with van der Waals surface area (Å²) in [5, 5.41) is 12.9. The Morgan fingerprint density at radius 1 is 1.23 bits per heavy atom. The average molecular weight is 407 g/mol. The topological polar surface area (TPSA) is 73.9 Å². The predicted molar refractivity (Wildman–Crippen MR) is 127 cm³/mol. The second-order valence-electron chi connectivity index (χ2n) is 8.20. The van der Waals surface area contributed by atoms with E-state index in [1.54, 1.807) is 6.20 Å². The summed E-state index contributed by atoms with van der Waals surface area (Å²) in [5.41, 5.74) is 12.0. The molecule has 2 aromatic rings. The number of hydrogen-bond donors (Lipinski definition) is 3. The predicted octanol–water partition coefficient (Wildman–Crippen LogP) is 4.45. The van der Waals surface area contributed by atoms with Crippen molar-refractivity contribution in [2.45, 2.75) is 52.2 Å². The highest BCUT2D eigenvalue weighted by Gasteiger charge is 2.23. The minimum Gasteiger partial charge on any atom is -0.392 e. The van der Waals surface area contributed by atoms with Gasteiger partial charge in [-0.05, 0) is 68.4 Å². The van der Waals surface area contributed by atoms with Crippen LogP contribution in [0.25, 0.3) is 11.1 Å². The molecular weight excluding hydrogens is 372 g/mol. The van der Waals surface area contributed by atoms with Crippen molar-refractivity contribution in [1.82, 2.24) is 4.90 Å². The Balaban J connectivity index is 1.56. The SMILES string of the molecule is Cc1ccccc1-c1cccc(N/C(N)=C\N=C/CC[C@H](C)N2CC[C@@H](O)C2)c1C. The number of aliphatic hydroxyl groups is 1. The third-order valence-electron chi connectivity index (χ3n) is 5.90. The Labute approximate surface area is 180 Å². The van der Waals surface area contributed by atoms with Crippen molar-refractivity contribution in [3.63, 3.8) is 0 Å². The Kier molecular flexibility index (Phi) is 7.66.